The fraction of sp³-hybridized carbons (Fsp3) is 0.483. The maximum Gasteiger partial charge on any atom is 0.225 e. The van der Waals surface area contributed by atoms with Gasteiger partial charge in [-0.05, 0) is 44.2 Å². The van der Waals surface area contributed by atoms with Crippen molar-refractivity contribution in [2.24, 2.45) is 5.92 Å². The maximum atomic E-state index is 13.2. The molecule has 0 unspecified atom stereocenters. The van der Waals surface area contributed by atoms with Gasteiger partial charge in [0, 0.05) is 36.2 Å². The van der Waals surface area contributed by atoms with Crippen molar-refractivity contribution in [3.8, 4) is 22.6 Å². The lowest BCUT2D eigenvalue weighted by Gasteiger charge is -2.29. The van der Waals surface area contributed by atoms with Crippen LogP contribution >= 0.6 is 0 Å². The van der Waals surface area contributed by atoms with Gasteiger partial charge in [-0.15, -0.1) is 0 Å². The van der Waals surface area contributed by atoms with Crippen LogP contribution in [0.3, 0.4) is 0 Å². The Hall–Kier alpha value is -2.75. The number of phenols is 1. The van der Waals surface area contributed by atoms with Gasteiger partial charge in [-0.1, -0.05) is 69.4 Å². The minimum atomic E-state index is 0.113. The first-order valence-corrected chi connectivity index (χ1v) is 12.5. The van der Waals surface area contributed by atoms with Crippen LogP contribution in [0.1, 0.15) is 80.5 Å². The molecule has 33 heavy (non-hydrogen) atoms. The SMILES string of the molecule is C=C1Oc2cc(CCCCC)c(CN(C)C(=O)C3CCCCC3)c(O)c2-c2cc(C)ccc21. The molecule has 0 atom stereocenters. The van der Waals surface area contributed by atoms with Gasteiger partial charge in [-0.2, -0.15) is 0 Å². The molecule has 1 aliphatic carbocycles. The molecule has 4 rings (SSSR count). The Morgan fingerprint density at radius 3 is 2.64 bits per heavy atom. The minimum absolute atomic E-state index is 0.113. The number of unbranched alkanes of at least 4 members (excludes halogenated alkanes) is 2. The number of carbonyl (C=O) groups is 1. The molecule has 4 nitrogen and oxygen atoms in total. The van der Waals surface area contributed by atoms with Crippen molar-refractivity contribution in [2.75, 3.05) is 7.05 Å². The first-order chi connectivity index (χ1) is 15.9. The summed E-state index contributed by atoms with van der Waals surface area (Å²) in [4.78, 5) is 15.0. The third-order valence-corrected chi connectivity index (χ3v) is 7.22. The molecule has 176 valence electrons. The molecular weight excluding hydrogens is 410 g/mol. The topological polar surface area (TPSA) is 49.8 Å². The number of aryl methyl sites for hydroxylation is 2. The van der Waals surface area contributed by atoms with E-state index < -0.39 is 0 Å². The number of carbonyl (C=O) groups excluding carboxylic acids is 1. The number of phenolic OH excluding ortho intramolecular Hbond substituents is 1. The first-order valence-electron chi connectivity index (χ1n) is 12.5. The molecule has 1 N–H and O–H groups in total. The number of ether oxygens (including phenoxy) is 1. The lowest BCUT2D eigenvalue weighted by Crippen LogP contribution is -2.33. The zero-order valence-corrected chi connectivity index (χ0v) is 20.4. The van der Waals surface area contributed by atoms with Gasteiger partial charge in [0.15, 0.2) is 0 Å². The zero-order valence-electron chi connectivity index (χ0n) is 20.4. The van der Waals surface area contributed by atoms with E-state index in [1.165, 1.54) is 6.42 Å². The van der Waals surface area contributed by atoms with Crippen molar-refractivity contribution >= 4 is 11.7 Å². The summed E-state index contributed by atoms with van der Waals surface area (Å²) in [5, 5.41) is 11.6. The molecule has 0 radical (unpaired) electrons. The molecule has 2 aromatic carbocycles. The highest BCUT2D eigenvalue weighted by Crippen LogP contribution is 2.49. The lowest BCUT2D eigenvalue weighted by atomic mass is 9.87. The van der Waals surface area contributed by atoms with E-state index in [0.29, 0.717) is 23.6 Å². The van der Waals surface area contributed by atoms with Gasteiger partial charge >= 0.3 is 0 Å². The average molecular weight is 448 g/mol. The smallest absolute Gasteiger partial charge is 0.225 e. The number of aromatic hydroxyl groups is 1. The standard InChI is InChI=1S/C29H37NO3/c1-5-6-8-13-22-17-26-27(24-16-19(2)14-15-23(24)20(3)33-26)28(31)25(22)18-30(4)29(32)21-11-9-7-10-12-21/h14-17,21,31H,3,5-13,18H2,1-2,4H3. The highest BCUT2D eigenvalue weighted by molar-refractivity contribution is 5.91. The fourth-order valence-corrected chi connectivity index (χ4v) is 5.32. The van der Waals surface area contributed by atoms with E-state index >= 15 is 0 Å². The third-order valence-electron chi connectivity index (χ3n) is 7.22. The van der Waals surface area contributed by atoms with Gasteiger partial charge in [-0.25, -0.2) is 0 Å². The number of hydrogen-bond donors (Lipinski definition) is 1. The minimum Gasteiger partial charge on any atom is -0.507 e. The highest BCUT2D eigenvalue weighted by Gasteiger charge is 2.29. The van der Waals surface area contributed by atoms with Crippen LogP contribution in [-0.2, 0) is 17.8 Å². The van der Waals surface area contributed by atoms with E-state index in [2.05, 4.69) is 25.6 Å². The molecule has 1 fully saturated rings. The Morgan fingerprint density at radius 2 is 1.91 bits per heavy atom. The van der Waals surface area contributed by atoms with Crippen LogP contribution in [0.4, 0.5) is 0 Å². The van der Waals surface area contributed by atoms with Gasteiger partial charge in [0.1, 0.15) is 17.3 Å². The lowest BCUT2D eigenvalue weighted by molar-refractivity contribution is -0.135. The van der Waals surface area contributed by atoms with Crippen molar-refractivity contribution in [1.82, 2.24) is 4.90 Å². The number of rotatable bonds is 7. The van der Waals surface area contributed by atoms with Crippen LogP contribution in [0.5, 0.6) is 11.5 Å². The van der Waals surface area contributed by atoms with Crippen molar-refractivity contribution in [1.29, 1.82) is 0 Å². The van der Waals surface area contributed by atoms with Gasteiger partial charge in [0.05, 0.1) is 5.56 Å². The van der Waals surface area contributed by atoms with E-state index in [1.807, 2.05) is 31.0 Å². The van der Waals surface area contributed by atoms with Crippen LogP contribution < -0.4 is 4.74 Å². The quantitative estimate of drug-likeness (QED) is 0.465. The molecule has 2 aliphatic rings. The predicted octanol–water partition coefficient (Wildman–Crippen LogP) is 7.00. The summed E-state index contributed by atoms with van der Waals surface area (Å²) in [6, 6.07) is 8.18. The number of fused-ring (bicyclic) bond motifs is 3. The summed E-state index contributed by atoms with van der Waals surface area (Å²) in [5.74, 6) is 1.82. The van der Waals surface area contributed by atoms with Crippen LogP contribution in [0.25, 0.3) is 16.9 Å². The molecule has 0 bridgehead atoms. The zero-order chi connectivity index (χ0) is 23.5. The van der Waals surface area contributed by atoms with Gasteiger partial charge in [0.25, 0.3) is 0 Å². The molecule has 4 heteroatoms. The molecular formula is C29H37NO3. The third kappa shape index (κ3) is 4.80. The summed E-state index contributed by atoms with van der Waals surface area (Å²) < 4.78 is 6.09. The first kappa shape index (κ1) is 23.4. The molecule has 1 saturated carbocycles. The second-order valence-corrected chi connectivity index (χ2v) is 9.80. The number of benzene rings is 2. The van der Waals surface area contributed by atoms with E-state index in [1.54, 1.807) is 0 Å². The maximum absolute atomic E-state index is 13.2. The normalized spacial score (nSPS) is 15.5. The number of amides is 1. The van der Waals surface area contributed by atoms with E-state index in [9.17, 15) is 9.90 Å². The molecule has 1 aliphatic heterocycles. The van der Waals surface area contributed by atoms with E-state index in [0.717, 1.165) is 79.2 Å². The summed E-state index contributed by atoms with van der Waals surface area (Å²) >= 11 is 0. The fourth-order valence-electron chi connectivity index (χ4n) is 5.32. The largest absolute Gasteiger partial charge is 0.507 e. The summed E-state index contributed by atoms with van der Waals surface area (Å²) in [6.45, 7) is 8.76. The Labute approximate surface area is 198 Å². The summed E-state index contributed by atoms with van der Waals surface area (Å²) in [5.41, 5.74) is 5.59. The van der Waals surface area contributed by atoms with Crippen LogP contribution in [0.2, 0.25) is 0 Å². The van der Waals surface area contributed by atoms with Gasteiger partial charge in [0.2, 0.25) is 5.91 Å². The second-order valence-electron chi connectivity index (χ2n) is 9.80. The van der Waals surface area contributed by atoms with Gasteiger partial charge in [-0.3, -0.25) is 4.79 Å². The van der Waals surface area contributed by atoms with Crippen molar-refractivity contribution < 1.29 is 14.6 Å². The molecule has 1 amide bonds. The Balaban J connectivity index is 1.74. The van der Waals surface area contributed by atoms with Gasteiger partial charge < -0.3 is 14.7 Å². The molecule has 0 saturated heterocycles. The van der Waals surface area contributed by atoms with Crippen LogP contribution in [0.15, 0.2) is 30.8 Å². The Morgan fingerprint density at radius 1 is 1.15 bits per heavy atom. The Kier molecular flexibility index (Phi) is 7.11. The monoisotopic (exact) mass is 447 g/mol. The van der Waals surface area contributed by atoms with E-state index in [-0.39, 0.29) is 17.6 Å². The highest BCUT2D eigenvalue weighted by atomic mass is 16.5. The van der Waals surface area contributed by atoms with Crippen molar-refractivity contribution in [3.63, 3.8) is 0 Å². The van der Waals surface area contributed by atoms with Crippen LogP contribution in [-0.4, -0.2) is 23.0 Å². The van der Waals surface area contributed by atoms with Crippen molar-refractivity contribution in [3.05, 3.63) is 53.1 Å². The van der Waals surface area contributed by atoms with E-state index in [4.69, 9.17) is 4.74 Å². The summed E-state index contributed by atoms with van der Waals surface area (Å²) in [6.07, 6.45) is 9.60. The van der Waals surface area contributed by atoms with Crippen molar-refractivity contribution in [2.45, 2.75) is 78.2 Å². The molecule has 0 aromatic heterocycles. The summed E-state index contributed by atoms with van der Waals surface area (Å²) in [7, 11) is 1.88. The predicted molar refractivity (Wildman–Crippen MR) is 134 cm³/mol. The molecule has 1 heterocycles. The number of hydrogen-bond acceptors (Lipinski definition) is 3. The Bertz CT molecular complexity index is 1050. The molecule has 2 aromatic rings. The molecule has 0 spiro atoms. The van der Waals surface area contributed by atoms with Crippen LogP contribution in [0, 0.1) is 12.8 Å². The number of nitrogens with zero attached hydrogens (tertiary/aromatic N) is 1. The second kappa shape index (κ2) is 10.0. The average Bonchev–Trinajstić information content (AvgIpc) is 2.81.